The Morgan fingerprint density at radius 1 is 0.852 bits per heavy atom. The van der Waals surface area contributed by atoms with E-state index in [2.05, 4.69) is 5.10 Å². The average Bonchev–Trinajstić information content (AvgIpc) is 3.19. The maximum Gasteiger partial charge on any atom is 0.335 e. The van der Waals surface area contributed by atoms with Crippen molar-refractivity contribution >= 4 is 5.97 Å². The summed E-state index contributed by atoms with van der Waals surface area (Å²) in [6, 6.07) is 24.0. The van der Waals surface area contributed by atoms with Gasteiger partial charge in [0.15, 0.2) is 0 Å². The molecular weight excluding hydrogens is 340 g/mol. The molecule has 1 aromatic heterocycles. The van der Waals surface area contributed by atoms with Gasteiger partial charge in [-0.3, -0.25) is 0 Å². The molecule has 0 saturated heterocycles. The fourth-order valence-electron chi connectivity index (χ4n) is 2.73. The smallest absolute Gasteiger partial charge is 0.335 e. The molecule has 4 rings (SSSR count). The van der Waals surface area contributed by atoms with E-state index in [9.17, 15) is 4.79 Å². The van der Waals surface area contributed by atoms with Gasteiger partial charge in [0.2, 0.25) is 0 Å². The van der Waals surface area contributed by atoms with Crippen LogP contribution in [-0.2, 0) is 0 Å². The van der Waals surface area contributed by atoms with Crippen molar-refractivity contribution in [2.24, 2.45) is 0 Å². The van der Waals surface area contributed by atoms with Crippen LogP contribution in [0.5, 0.6) is 11.5 Å². The van der Waals surface area contributed by atoms with E-state index >= 15 is 0 Å². The standard InChI is InChI=1S/C22H16N2O3/c25-22(26)16-9-11-19(12-10-16)24-15-18(14-23-24)17-5-4-8-21(13-17)27-20-6-2-1-3-7-20/h1-15H,(H,25,26). The molecule has 0 unspecified atom stereocenters. The maximum atomic E-state index is 11.0. The van der Waals surface area contributed by atoms with Crippen molar-refractivity contribution in [3.8, 4) is 28.3 Å². The molecule has 0 radical (unpaired) electrons. The number of benzene rings is 3. The van der Waals surface area contributed by atoms with Crippen LogP contribution in [-0.4, -0.2) is 20.9 Å². The Morgan fingerprint density at radius 2 is 1.59 bits per heavy atom. The summed E-state index contributed by atoms with van der Waals surface area (Å²) in [4.78, 5) is 11.0. The second kappa shape index (κ2) is 7.17. The molecule has 0 spiro atoms. The minimum Gasteiger partial charge on any atom is -0.478 e. The molecule has 0 aliphatic rings. The molecule has 3 aromatic carbocycles. The van der Waals surface area contributed by atoms with E-state index < -0.39 is 5.97 Å². The zero-order valence-corrected chi connectivity index (χ0v) is 14.3. The van der Waals surface area contributed by atoms with E-state index in [1.165, 1.54) is 0 Å². The van der Waals surface area contributed by atoms with Crippen molar-refractivity contribution < 1.29 is 14.6 Å². The predicted octanol–water partition coefficient (Wildman–Crippen LogP) is 5.03. The normalized spacial score (nSPS) is 10.5. The summed E-state index contributed by atoms with van der Waals surface area (Å²) in [5, 5.41) is 13.4. The number of ether oxygens (including phenoxy) is 1. The van der Waals surface area contributed by atoms with E-state index in [0.29, 0.717) is 0 Å². The number of aromatic nitrogens is 2. The van der Waals surface area contributed by atoms with Crippen LogP contribution in [0.2, 0.25) is 0 Å². The average molecular weight is 356 g/mol. The fraction of sp³-hybridized carbons (Fsp3) is 0. The fourth-order valence-corrected chi connectivity index (χ4v) is 2.73. The monoisotopic (exact) mass is 356 g/mol. The van der Waals surface area contributed by atoms with Crippen molar-refractivity contribution in [1.29, 1.82) is 0 Å². The summed E-state index contributed by atoms with van der Waals surface area (Å²) in [7, 11) is 0. The van der Waals surface area contributed by atoms with E-state index in [0.717, 1.165) is 28.3 Å². The number of para-hydroxylation sites is 1. The van der Waals surface area contributed by atoms with Crippen LogP contribution in [0.3, 0.4) is 0 Å². The minimum absolute atomic E-state index is 0.247. The summed E-state index contributed by atoms with van der Waals surface area (Å²) < 4.78 is 7.60. The van der Waals surface area contributed by atoms with Gasteiger partial charge >= 0.3 is 5.97 Å². The molecule has 4 aromatic rings. The van der Waals surface area contributed by atoms with Crippen molar-refractivity contribution in [1.82, 2.24) is 9.78 Å². The number of nitrogens with zero attached hydrogens (tertiary/aromatic N) is 2. The van der Waals surface area contributed by atoms with Crippen LogP contribution < -0.4 is 4.74 Å². The van der Waals surface area contributed by atoms with E-state index in [1.807, 2.05) is 60.8 Å². The van der Waals surface area contributed by atoms with Crippen molar-refractivity contribution in [2.45, 2.75) is 0 Å². The third-order valence-electron chi connectivity index (χ3n) is 4.11. The van der Waals surface area contributed by atoms with E-state index in [4.69, 9.17) is 9.84 Å². The summed E-state index contributed by atoms with van der Waals surface area (Å²) >= 11 is 0. The lowest BCUT2D eigenvalue weighted by atomic mass is 10.1. The predicted molar refractivity (Wildman–Crippen MR) is 102 cm³/mol. The van der Waals surface area contributed by atoms with Gasteiger partial charge in [-0.15, -0.1) is 0 Å². The number of carboxylic acids is 1. The lowest BCUT2D eigenvalue weighted by Gasteiger charge is -2.06. The van der Waals surface area contributed by atoms with Gasteiger partial charge in [-0.2, -0.15) is 5.10 Å². The Balaban J connectivity index is 1.58. The zero-order valence-electron chi connectivity index (χ0n) is 14.3. The second-order valence-corrected chi connectivity index (χ2v) is 5.97. The van der Waals surface area contributed by atoms with Crippen LogP contribution >= 0.6 is 0 Å². The Labute approximate surface area is 156 Å². The molecule has 5 heteroatoms. The SMILES string of the molecule is O=C(O)c1ccc(-n2cc(-c3cccc(Oc4ccccc4)c3)cn2)cc1. The van der Waals surface area contributed by atoms with Crippen LogP contribution in [0.25, 0.3) is 16.8 Å². The van der Waals surface area contributed by atoms with Crippen LogP contribution in [0.4, 0.5) is 0 Å². The molecule has 1 N–H and O–H groups in total. The van der Waals surface area contributed by atoms with Crippen LogP contribution in [0.1, 0.15) is 10.4 Å². The zero-order chi connectivity index (χ0) is 18.6. The molecule has 0 bridgehead atoms. The molecule has 0 amide bonds. The van der Waals surface area contributed by atoms with Gasteiger partial charge in [-0.1, -0.05) is 30.3 Å². The van der Waals surface area contributed by atoms with Gasteiger partial charge in [-0.05, 0) is 54.1 Å². The number of hydrogen-bond donors (Lipinski definition) is 1. The molecule has 5 nitrogen and oxygen atoms in total. The van der Waals surface area contributed by atoms with E-state index in [-0.39, 0.29) is 5.56 Å². The number of aromatic carboxylic acids is 1. The van der Waals surface area contributed by atoms with Gasteiger partial charge in [0.25, 0.3) is 0 Å². The minimum atomic E-state index is -0.946. The number of carboxylic acid groups (broad SMARTS) is 1. The first-order valence-corrected chi connectivity index (χ1v) is 8.41. The topological polar surface area (TPSA) is 64.3 Å². The highest BCUT2D eigenvalue weighted by Crippen LogP contribution is 2.27. The highest BCUT2D eigenvalue weighted by Gasteiger charge is 2.07. The maximum absolute atomic E-state index is 11.0. The van der Waals surface area contributed by atoms with Crippen LogP contribution in [0.15, 0.2) is 91.3 Å². The Kier molecular flexibility index (Phi) is 4.41. The Bertz CT molecular complexity index is 1070. The summed E-state index contributed by atoms with van der Waals surface area (Å²) in [6.07, 6.45) is 3.67. The molecule has 0 aliphatic heterocycles. The Morgan fingerprint density at radius 3 is 2.33 bits per heavy atom. The first-order valence-electron chi connectivity index (χ1n) is 8.41. The molecule has 27 heavy (non-hydrogen) atoms. The largest absolute Gasteiger partial charge is 0.478 e. The molecule has 132 valence electrons. The van der Waals surface area contributed by atoms with Crippen molar-refractivity contribution in [2.75, 3.05) is 0 Å². The van der Waals surface area contributed by atoms with Crippen LogP contribution in [0, 0.1) is 0 Å². The first-order chi connectivity index (χ1) is 13.2. The highest BCUT2D eigenvalue weighted by atomic mass is 16.5. The first kappa shape index (κ1) is 16.6. The third-order valence-corrected chi connectivity index (χ3v) is 4.11. The highest BCUT2D eigenvalue weighted by molar-refractivity contribution is 5.87. The quantitative estimate of drug-likeness (QED) is 0.545. The molecule has 0 aliphatic carbocycles. The molecule has 0 saturated carbocycles. The molecule has 0 fully saturated rings. The lowest BCUT2D eigenvalue weighted by molar-refractivity contribution is 0.0697. The summed E-state index contributed by atoms with van der Waals surface area (Å²) in [6.45, 7) is 0. The van der Waals surface area contributed by atoms with Crippen molar-refractivity contribution in [3.05, 3.63) is 96.8 Å². The lowest BCUT2D eigenvalue weighted by Crippen LogP contribution is -1.98. The van der Waals surface area contributed by atoms with E-state index in [1.54, 1.807) is 35.1 Å². The van der Waals surface area contributed by atoms with Gasteiger partial charge in [0, 0.05) is 11.8 Å². The van der Waals surface area contributed by atoms with Gasteiger partial charge in [0.1, 0.15) is 11.5 Å². The molecular formula is C22H16N2O3. The Hall–Kier alpha value is -3.86. The molecule has 0 atom stereocenters. The number of rotatable bonds is 5. The summed E-state index contributed by atoms with van der Waals surface area (Å²) in [5.74, 6) is 0.582. The molecule has 1 heterocycles. The van der Waals surface area contributed by atoms with Crippen molar-refractivity contribution in [3.63, 3.8) is 0 Å². The number of hydrogen-bond acceptors (Lipinski definition) is 3. The number of carbonyl (C=O) groups is 1. The second-order valence-electron chi connectivity index (χ2n) is 5.97. The van der Waals surface area contributed by atoms with Gasteiger partial charge < -0.3 is 9.84 Å². The summed E-state index contributed by atoms with van der Waals surface area (Å²) in [5.41, 5.74) is 2.97. The third kappa shape index (κ3) is 3.72. The van der Waals surface area contributed by atoms with Gasteiger partial charge in [-0.25, -0.2) is 9.48 Å². The van der Waals surface area contributed by atoms with Gasteiger partial charge in [0.05, 0.1) is 17.4 Å².